The van der Waals surface area contributed by atoms with Crippen LogP contribution >= 0.6 is 0 Å². The molecular formula is C28H23N3O4. The highest BCUT2D eigenvalue weighted by atomic mass is 16.6. The lowest BCUT2D eigenvalue weighted by atomic mass is 10.1. The summed E-state index contributed by atoms with van der Waals surface area (Å²) in [4.78, 5) is 25.5. The molecule has 0 fully saturated rings. The van der Waals surface area contributed by atoms with Crippen molar-refractivity contribution >= 4 is 39.1 Å². The predicted octanol–water partition coefficient (Wildman–Crippen LogP) is 5.41. The Labute approximate surface area is 201 Å². The predicted molar refractivity (Wildman–Crippen MR) is 137 cm³/mol. The molecule has 0 saturated carbocycles. The third-order valence-electron chi connectivity index (χ3n) is 6.10. The molecule has 7 heteroatoms. The molecule has 1 N–H and O–H groups in total. The Morgan fingerprint density at radius 2 is 1.37 bits per heavy atom. The zero-order valence-corrected chi connectivity index (χ0v) is 18.8. The summed E-state index contributed by atoms with van der Waals surface area (Å²) in [7, 11) is 0. The number of anilines is 1. The smallest absolute Gasteiger partial charge is 0.269 e. The fourth-order valence-electron chi connectivity index (χ4n) is 4.48. The van der Waals surface area contributed by atoms with Crippen molar-refractivity contribution in [3.63, 3.8) is 0 Å². The van der Waals surface area contributed by atoms with Gasteiger partial charge in [-0.15, -0.1) is 0 Å². The van der Waals surface area contributed by atoms with Gasteiger partial charge in [0.1, 0.15) is 0 Å². The number of aliphatic hydroxyl groups is 1. The van der Waals surface area contributed by atoms with Crippen molar-refractivity contribution in [1.29, 1.82) is 0 Å². The lowest BCUT2D eigenvalue weighted by Crippen LogP contribution is -2.39. The number of benzene rings is 4. The molecule has 5 rings (SSSR count). The highest BCUT2D eigenvalue weighted by Gasteiger charge is 2.23. The van der Waals surface area contributed by atoms with E-state index in [2.05, 4.69) is 16.7 Å². The van der Waals surface area contributed by atoms with Crippen LogP contribution in [0.5, 0.6) is 0 Å². The number of para-hydroxylation sites is 2. The molecule has 174 valence electrons. The highest BCUT2D eigenvalue weighted by molar-refractivity contribution is 6.08. The fraction of sp³-hybridized carbons (Fsp3) is 0.107. The summed E-state index contributed by atoms with van der Waals surface area (Å²) in [6, 6.07) is 30.6. The molecule has 1 atom stereocenters. The van der Waals surface area contributed by atoms with E-state index < -0.39 is 11.0 Å². The van der Waals surface area contributed by atoms with E-state index in [9.17, 15) is 20.0 Å². The molecule has 0 radical (unpaired) electrons. The Balaban J connectivity index is 1.48. The Morgan fingerprint density at radius 1 is 0.829 bits per heavy atom. The number of amides is 1. The monoisotopic (exact) mass is 465 g/mol. The summed E-state index contributed by atoms with van der Waals surface area (Å²) >= 11 is 0. The number of fused-ring (bicyclic) bond motifs is 3. The fourth-order valence-corrected chi connectivity index (χ4v) is 4.48. The van der Waals surface area contributed by atoms with E-state index in [1.807, 2.05) is 42.5 Å². The summed E-state index contributed by atoms with van der Waals surface area (Å²) < 4.78 is 2.07. The second kappa shape index (κ2) is 9.40. The standard InChI is InChI=1S/C28H23N3O4/c32-23(19-30-26-12-6-4-10-24(26)25-11-5-7-13-27(25)30)18-29(28(33)20-8-2-1-3-9-20)21-14-16-22(17-15-21)31(34)35/h1-17,23,32H,18-19H2. The van der Waals surface area contributed by atoms with Gasteiger partial charge in [-0.25, -0.2) is 0 Å². The van der Waals surface area contributed by atoms with Gasteiger partial charge in [0.15, 0.2) is 0 Å². The van der Waals surface area contributed by atoms with E-state index in [1.165, 1.54) is 29.2 Å². The van der Waals surface area contributed by atoms with Gasteiger partial charge in [-0.1, -0.05) is 54.6 Å². The van der Waals surface area contributed by atoms with Crippen LogP contribution < -0.4 is 4.90 Å². The van der Waals surface area contributed by atoms with Crippen molar-refractivity contribution < 1.29 is 14.8 Å². The van der Waals surface area contributed by atoms with Crippen LogP contribution in [0.2, 0.25) is 0 Å². The molecule has 7 nitrogen and oxygen atoms in total. The molecule has 1 unspecified atom stereocenters. The van der Waals surface area contributed by atoms with Gasteiger partial charge in [-0.2, -0.15) is 0 Å². The summed E-state index contributed by atoms with van der Waals surface area (Å²) in [5, 5.41) is 24.5. The number of rotatable bonds is 7. The number of carbonyl (C=O) groups excluding carboxylic acids is 1. The van der Waals surface area contributed by atoms with Crippen molar-refractivity contribution in [1.82, 2.24) is 4.57 Å². The molecule has 1 heterocycles. The second-order valence-corrected chi connectivity index (χ2v) is 8.35. The van der Waals surface area contributed by atoms with Gasteiger partial charge in [0.05, 0.1) is 24.1 Å². The number of hydrogen-bond donors (Lipinski definition) is 1. The normalized spacial score (nSPS) is 12.0. The van der Waals surface area contributed by atoms with Gasteiger partial charge in [0, 0.05) is 45.2 Å². The van der Waals surface area contributed by atoms with Gasteiger partial charge < -0.3 is 14.6 Å². The third-order valence-corrected chi connectivity index (χ3v) is 6.10. The number of hydrogen-bond acceptors (Lipinski definition) is 4. The molecule has 1 amide bonds. The molecule has 0 aliphatic heterocycles. The Hall–Kier alpha value is -4.49. The quantitative estimate of drug-likeness (QED) is 0.257. The van der Waals surface area contributed by atoms with Crippen molar-refractivity contribution in [2.45, 2.75) is 12.6 Å². The van der Waals surface area contributed by atoms with Crippen LogP contribution in [0.3, 0.4) is 0 Å². The van der Waals surface area contributed by atoms with Crippen LogP contribution in [-0.2, 0) is 6.54 Å². The molecule has 5 aromatic rings. The molecule has 35 heavy (non-hydrogen) atoms. The van der Waals surface area contributed by atoms with Gasteiger partial charge in [-0.3, -0.25) is 14.9 Å². The van der Waals surface area contributed by atoms with Gasteiger partial charge >= 0.3 is 0 Å². The molecule has 0 saturated heterocycles. The minimum atomic E-state index is -0.892. The number of non-ortho nitro benzene ring substituents is 1. The van der Waals surface area contributed by atoms with Crippen molar-refractivity contribution in [2.24, 2.45) is 0 Å². The minimum absolute atomic E-state index is 0.0202. The number of nitrogens with zero attached hydrogens (tertiary/aromatic N) is 3. The van der Waals surface area contributed by atoms with Gasteiger partial charge in [0.2, 0.25) is 0 Å². The van der Waals surface area contributed by atoms with Crippen LogP contribution in [0.4, 0.5) is 11.4 Å². The maximum Gasteiger partial charge on any atom is 0.269 e. The molecule has 0 aliphatic rings. The SMILES string of the molecule is O=C(c1ccccc1)N(CC(O)Cn1c2ccccc2c2ccccc21)c1ccc([N+](=O)[O-])cc1. The number of aliphatic hydroxyl groups excluding tert-OH is 1. The van der Waals surface area contributed by atoms with Gasteiger partial charge in [-0.05, 0) is 36.4 Å². The minimum Gasteiger partial charge on any atom is -0.389 e. The summed E-state index contributed by atoms with van der Waals surface area (Å²) in [5.74, 6) is -0.291. The zero-order valence-electron chi connectivity index (χ0n) is 18.8. The Bertz CT molecular complexity index is 1460. The van der Waals surface area contributed by atoms with E-state index in [1.54, 1.807) is 24.3 Å². The lowest BCUT2D eigenvalue weighted by molar-refractivity contribution is -0.384. The third kappa shape index (κ3) is 4.37. The number of aromatic nitrogens is 1. The number of carbonyl (C=O) groups is 1. The molecule has 4 aromatic carbocycles. The first kappa shape index (κ1) is 22.3. The van der Waals surface area contributed by atoms with E-state index in [4.69, 9.17) is 0 Å². The molecule has 1 aromatic heterocycles. The van der Waals surface area contributed by atoms with E-state index in [0.717, 1.165) is 21.8 Å². The van der Waals surface area contributed by atoms with Crippen LogP contribution in [0.25, 0.3) is 21.8 Å². The molecular weight excluding hydrogens is 442 g/mol. The Kier molecular flexibility index (Phi) is 5.99. The first-order valence-electron chi connectivity index (χ1n) is 11.3. The van der Waals surface area contributed by atoms with Crippen LogP contribution in [-0.4, -0.2) is 33.2 Å². The van der Waals surface area contributed by atoms with Crippen LogP contribution in [0.1, 0.15) is 10.4 Å². The first-order chi connectivity index (χ1) is 17.0. The lowest BCUT2D eigenvalue weighted by Gasteiger charge is -2.26. The topological polar surface area (TPSA) is 88.6 Å². The summed E-state index contributed by atoms with van der Waals surface area (Å²) in [6.45, 7) is 0.298. The molecule has 0 aliphatic carbocycles. The van der Waals surface area contributed by atoms with Gasteiger partial charge in [0.25, 0.3) is 11.6 Å². The average Bonchev–Trinajstić information content (AvgIpc) is 3.21. The number of nitro benzene ring substituents is 1. The van der Waals surface area contributed by atoms with Crippen LogP contribution in [0.15, 0.2) is 103 Å². The van der Waals surface area contributed by atoms with E-state index >= 15 is 0 Å². The molecule has 0 spiro atoms. The second-order valence-electron chi connectivity index (χ2n) is 8.35. The number of nitro groups is 1. The Morgan fingerprint density at radius 3 is 1.94 bits per heavy atom. The van der Waals surface area contributed by atoms with Crippen molar-refractivity contribution in [2.75, 3.05) is 11.4 Å². The maximum absolute atomic E-state index is 13.4. The van der Waals surface area contributed by atoms with Crippen LogP contribution in [0, 0.1) is 10.1 Å². The zero-order chi connectivity index (χ0) is 24.4. The van der Waals surface area contributed by atoms with Crippen molar-refractivity contribution in [3.05, 3.63) is 119 Å². The molecule has 0 bridgehead atoms. The largest absolute Gasteiger partial charge is 0.389 e. The highest BCUT2D eigenvalue weighted by Crippen LogP contribution is 2.29. The summed E-state index contributed by atoms with van der Waals surface area (Å²) in [6.07, 6.45) is -0.892. The van der Waals surface area contributed by atoms with Crippen molar-refractivity contribution in [3.8, 4) is 0 Å². The van der Waals surface area contributed by atoms with E-state index in [-0.39, 0.29) is 24.7 Å². The maximum atomic E-state index is 13.4. The summed E-state index contributed by atoms with van der Waals surface area (Å²) in [5.41, 5.74) is 2.89. The average molecular weight is 466 g/mol. The first-order valence-corrected chi connectivity index (χ1v) is 11.3. The van der Waals surface area contributed by atoms with E-state index in [0.29, 0.717) is 11.3 Å².